The molecular formula is C24H22ClF2N3O2. The van der Waals surface area contributed by atoms with Crippen molar-refractivity contribution in [3.8, 4) is 5.75 Å². The molecule has 4 rings (SSSR count). The van der Waals surface area contributed by atoms with Crippen molar-refractivity contribution in [3.63, 3.8) is 0 Å². The first kappa shape index (κ1) is 22.0. The Morgan fingerprint density at radius 3 is 2.66 bits per heavy atom. The first-order valence-electron chi connectivity index (χ1n) is 10.0. The number of hydrogen-bond donors (Lipinski definition) is 1. The Kier molecular flexibility index (Phi) is 6.30. The number of ether oxygens (including phenoxy) is 1. The summed E-state index contributed by atoms with van der Waals surface area (Å²) in [6, 6.07) is 10.8. The summed E-state index contributed by atoms with van der Waals surface area (Å²) in [5.74, 6) is -1.24. The van der Waals surface area contributed by atoms with E-state index < -0.39 is 17.2 Å². The minimum absolute atomic E-state index is 0.0916. The highest BCUT2D eigenvalue weighted by atomic mass is 35.5. The van der Waals surface area contributed by atoms with E-state index in [0.717, 1.165) is 35.1 Å². The van der Waals surface area contributed by atoms with Crippen molar-refractivity contribution in [3.05, 3.63) is 98.6 Å². The molecule has 2 aromatic carbocycles. The summed E-state index contributed by atoms with van der Waals surface area (Å²) in [5.41, 5.74) is 2.92. The average Bonchev–Trinajstić information content (AvgIpc) is 3.13. The van der Waals surface area contributed by atoms with E-state index in [2.05, 4.69) is 16.0 Å². The molecule has 0 amide bonds. The average molecular weight is 458 g/mol. The Morgan fingerprint density at radius 2 is 1.91 bits per heavy atom. The fraction of sp³-hybridized carbons (Fsp3) is 0.208. The zero-order chi connectivity index (χ0) is 22.8. The van der Waals surface area contributed by atoms with E-state index in [1.54, 1.807) is 12.3 Å². The van der Waals surface area contributed by atoms with Gasteiger partial charge in [0, 0.05) is 41.5 Å². The van der Waals surface area contributed by atoms with Crippen LogP contribution in [0.2, 0.25) is 5.02 Å². The summed E-state index contributed by atoms with van der Waals surface area (Å²) in [4.78, 5) is 18.1. The van der Waals surface area contributed by atoms with Crippen LogP contribution in [-0.4, -0.2) is 28.5 Å². The molecule has 0 fully saturated rings. The van der Waals surface area contributed by atoms with Crippen molar-refractivity contribution in [2.24, 2.45) is 0 Å². The van der Waals surface area contributed by atoms with Crippen molar-refractivity contribution in [1.29, 1.82) is 0 Å². The van der Waals surface area contributed by atoms with Crippen LogP contribution in [0, 0.1) is 11.6 Å². The molecule has 0 unspecified atom stereocenters. The molecule has 0 saturated heterocycles. The van der Waals surface area contributed by atoms with Gasteiger partial charge in [0.15, 0.2) is 0 Å². The lowest BCUT2D eigenvalue weighted by atomic mass is 10.1. The molecule has 0 radical (unpaired) electrons. The van der Waals surface area contributed by atoms with Crippen molar-refractivity contribution < 1.29 is 13.5 Å². The van der Waals surface area contributed by atoms with Crippen molar-refractivity contribution in [2.45, 2.75) is 19.7 Å². The van der Waals surface area contributed by atoms with Gasteiger partial charge in [0.1, 0.15) is 29.0 Å². The van der Waals surface area contributed by atoms with Gasteiger partial charge in [-0.25, -0.2) is 8.78 Å². The van der Waals surface area contributed by atoms with Crippen LogP contribution < -0.4 is 10.3 Å². The number of fused-ring (bicyclic) bond motifs is 1. The Balaban J connectivity index is 1.54. The van der Waals surface area contributed by atoms with Crippen LogP contribution in [0.25, 0.3) is 10.9 Å². The third-order valence-electron chi connectivity index (χ3n) is 5.14. The fourth-order valence-electron chi connectivity index (χ4n) is 3.55. The molecule has 0 saturated carbocycles. The monoisotopic (exact) mass is 457 g/mol. The summed E-state index contributed by atoms with van der Waals surface area (Å²) in [5, 5.41) is 1.02. The predicted molar refractivity (Wildman–Crippen MR) is 121 cm³/mol. The molecule has 0 bridgehead atoms. The van der Waals surface area contributed by atoms with Gasteiger partial charge in [0.2, 0.25) is 0 Å². The normalized spacial score (nSPS) is 11.4. The maximum absolute atomic E-state index is 13.8. The highest BCUT2D eigenvalue weighted by Crippen LogP contribution is 2.24. The van der Waals surface area contributed by atoms with E-state index in [1.807, 2.05) is 32.4 Å². The van der Waals surface area contributed by atoms with E-state index >= 15 is 0 Å². The summed E-state index contributed by atoms with van der Waals surface area (Å²) in [6.45, 7) is 0.970. The number of pyridine rings is 1. The number of rotatable bonds is 7. The highest BCUT2D eigenvalue weighted by molar-refractivity contribution is 6.31. The number of aromatic amines is 1. The predicted octanol–water partition coefficient (Wildman–Crippen LogP) is 4.95. The van der Waals surface area contributed by atoms with Crippen molar-refractivity contribution in [1.82, 2.24) is 14.5 Å². The lowest BCUT2D eigenvalue weighted by Gasteiger charge is -2.12. The molecule has 5 nitrogen and oxygen atoms in total. The minimum atomic E-state index is -0.719. The van der Waals surface area contributed by atoms with Gasteiger partial charge in [-0.15, -0.1) is 0 Å². The van der Waals surface area contributed by atoms with Crippen LogP contribution in [0.4, 0.5) is 8.78 Å². The smallest absolute Gasteiger partial charge is 0.273 e. The van der Waals surface area contributed by atoms with Gasteiger partial charge in [-0.2, -0.15) is 0 Å². The number of nitrogens with one attached hydrogen (secondary N) is 1. The fourth-order valence-corrected chi connectivity index (χ4v) is 3.78. The van der Waals surface area contributed by atoms with Crippen LogP contribution in [0.1, 0.15) is 16.7 Å². The van der Waals surface area contributed by atoms with Gasteiger partial charge in [-0.3, -0.25) is 4.79 Å². The summed E-state index contributed by atoms with van der Waals surface area (Å²) in [7, 11) is 4.02. The van der Waals surface area contributed by atoms with Crippen molar-refractivity contribution in [2.75, 3.05) is 14.1 Å². The zero-order valence-corrected chi connectivity index (χ0v) is 18.4. The molecule has 2 aromatic heterocycles. The van der Waals surface area contributed by atoms with Crippen LogP contribution in [0.5, 0.6) is 5.75 Å². The molecule has 8 heteroatoms. The molecule has 1 N–H and O–H groups in total. The number of nitrogens with zero attached hydrogens (tertiary/aromatic N) is 2. The van der Waals surface area contributed by atoms with Crippen molar-refractivity contribution >= 4 is 22.5 Å². The molecule has 0 aliphatic carbocycles. The van der Waals surface area contributed by atoms with Crippen LogP contribution in [-0.2, 0) is 19.7 Å². The van der Waals surface area contributed by atoms with Crippen LogP contribution in [0.15, 0.2) is 59.7 Å². The first-order chi connectivity index (χ1) is 15.3. The molecule has 0 spiro atoms. The number of H-pyrrole nitrogens is 1. The Labute approximate surface area is 188 Å². The molecule has 166 valence electrons. The third-order valence-corrected chi connectivity index (χ3v) is 5.49. The summed E-state index contributed by atoms with van der Waals surface area (Å²) >= 11 is 6.23. The minimum Gasteiger partial charge on any atom is -0.487 e. The lowest BCUT2D eigenvalue weighted by molar-refractivity contribution is 0.298. The van der Waals surface area contributed by atoms with Gasteiger partial charge in [0.05, 0.1) is 6.54 Å². The van der Waals surface area contributed by atoms with E-state index in [1.165, 1.54) is 16.2 Å². The third kappa shape index (κ3) is 4.69. The first-order valence-corrected chi connectivity index (χ1v) is 10.4. The van der Waals surface area contributed by atoms with E-state index in [4.69, 9.17) is 16.3 Å². The van der Waals surface area contributed by atoms with E-state index in [0.29, 0.717) is 6.54 Å². The second-order valence-electron chi connectivity index (χ2n) is 7.88. The lowest BCUT2D eigenvalue weighted by Crippen LogP contribution is -2.21. The molecule has 32 heavy (non-hydrogen) atoms. The van der Waals surface area contributed by atoms with Gasteiger partial charge < -0.3 is 19.2 Å². The number of halogens is 3. The molecule has 0 aliphatic heterocycles. The SMILES string of the molecule is CN(C)Cc1c[nH]c2ccc(Cn3ccc(OCc4ccc(F)cc4F)c(Cl)c3=O)cc12. The van der Waals surface area contributed by atoms with Gasteiger partial charge in [-0.1, -0.05) is 17.7 Å². The molecule has 4 aromatic rings. The topological polar surface area (TPSA) is 50.3 Å². The summed E-state index contributed by atoms with van der Waals surface area (Å²) in [6.07, 6.45) is 3.58. The Hall–Kier alpha value is -3.16. The number of hydrogen-bond acceptors (Lipinski definition) is 3. The van der Waals surface area contributed by atoms with E-state index in [-0.39, 0.29) is 22.9 Å². The summed E-state index contributed by atoms with van der Waals surface area (Å²) < 4.78 is 33.9. The maximum atomic E-state index is 13.8. The maximum Gasteiger partial charge on any atom is 0.273 e. The molecule has 2 heterocycles. The second kappa shape index (κ2) is 9.14. The van der Waals surface area contributed by atoms with Crippen LogP contribution >= 0.6 is 11.6 Å². The number of aromatic nitrogens is 2. The quantitative estimate of drug-likeness (QED) is 0.427. The van der Waals surface area contributed by atoms with Gasteiger partial charge in [0.25, 0.3) is 5.56 Å². The van der Waals surface area contributed by atoms with Crippen LogP contribution in [0.3, 0.4) is 0 Å². The van der Waals surface area contributed by atoms with E-state index in [9.17, 15) is 13.6 Å². The van der Waals surface area contributed by atoms with Gasteiger partial charge >= 0.3 is 0 Å². The Bertz CT molecular complexity index is 1330. The molecular weight excluding hydrogens is 436 g/mol. The molecule has 0 aliphatic rings. The highest BCUT2D eigenvalue weighted by Gasteiger charge is 2.12. The number of benzene rings is 2. The zero-order valence-electron chi connectivity index (χ0n) is 17.7. The standard InChI is InChI=1S/C24H22ClF2N3O2/c1-29(2)13-17-11-28-21-6-3-15(9-19(17)21)12-30-8-7-22(23(25)24(30)31)32-14-16-4-5-18(26)10-20(16)27/h3-11,28H,12-14H2,1-2H3. The second-order valence-corrected chi connectivity index (χ2v) is 8.26. The molecule has 0 atom stereocenters. The van der Waals surface area contributed by atoms with Gasteiger partial charge in [-0.05, 0) is 55.6 Å². The largest absolute Gasteiger partial charge is 0.487 e. The Morgan fingerprint density at radius 1 is 1.09 bits per heavy atom.